The molecule has 1 aliphatic heterocycles. The van der Waals surface area contributed by atoms with E-state index in [0.717, 1.165) is 37.4 Å². The van der Waals surface area contributed by atoms with Crippen LogP contribution in [0.3, 0.4) is 0 Å². The van der Waals surface area contributed by atoms with Gasteiger partial charge in [0.15, 0.2) is 0 Å². The number of morpholine rings is 1. The van der Waals surface area contributed by atoms with Crippen LogP contribution in [-0.2, 0) is 16.1 Å². The third-order valence-corrected chi connectivity index (χ3v) is 4.63. The zero-order chi connectivity index (χ0) is 19.9. The summed E-state index contributed by atoms with van der Waals surface area (Å²) in [6.45, 7) is 3.79. The molecule has 146 valence electrons. The molecule has 3 rings (SSSR count). The number of nitro groups is 1. The van der Waals surface area contributed by atoms with Crippen LogP contribution in [0.25, 0.3) is 6.08 Å². The van der Waals surface area contributed by atoms with Crippen LogP contribution in [0.2, 0.25) is 0 Å². The molecule has 0 saturated carbocycles. The number of hydrogen-bond acceptors (Lipinski definition) is 5. The lowest BCUT2D eigenvalue weighted by atomic mass is 10.1. The number of nitro benzene ring substituents is 1. The van der Waals surface area contributed by atoms with Crippen molar-refractivity contribution >= 4 is 23.4 Å². The van der Waals surface area contributed by atoms with Gasteiger partial charge in [0.05, 0.1) is 18.1 Å². The third-order valence-electron chi connectivity index (χ3n) is 4.63. The van der Waals surface area contributed by atoms with E-state index in [1.165, 1.54) is 23.9 Å². The van der Waals surface area contributed by atoms with Gasteiger partial charge in [-0.1, -0.05) is 12.1 Å². The Bertz CT molecular complexity index is 841. The van der Waals surface area contributed by atoms with E-state index < -0.39 is 4.92 Å². The molecule has 1 heterocycles. The van der Waals surface area contributed by atoms with Crippen molar-refractivity contribution in [1.82, 2.24) is 4.90 Å². The lowest BCUT2D eigenvalue weighted by molar-refractivity contribution is -0.384. The number of rotatable bonds is 6. The fraction of sp³-hybridized carbons (Fsp3) is 0.286. The number of nitrogens with zero attached hydrogens (tertiary/aromatic N) is 3. The summed E-state index contributed by atoms with van der Waals surface area (Å²) in [6, 6.07) is 14.3. The van der Waals surface area contributed by atoms with E-state index in [1.807, 2.05) is 12.1 Å². The molecule has 28 heavy (non-hydrogen) atoms. The van der Waals surface area contributed by atoms with Crippen molar-refractivity contribution in [2.24, 2.45) is 0 Å². The van der Waals surface area contributed by atoms with Crippen LogP contribution in [0.1, 0.15) is 11.1 Å². The maximum absolute atomic E-state index is 12.3. The number of non-ortho nitro benzene ring substituents is 1. The van der Waals surface area contributed by atoms with Gasteiger partial charge in [0.2, 0.25) is 5.91 Å². The highest BCUT2D eigenvalue weighted by molar-refractivity contribution is 5.91. The number of carbonyl (C=O) groups is 1. The molecule has 0 radical (unpaired) electrons. The van der Waals surface area contributed by atoms with Gasteiger partial charge in [0.1, 0.15) is 0 Å². The highest BCUT2D eigenvalue weighted by Crippen LogP contribution is 2.18. The highest BCUT2D eigenvalue weighted by Gasteiger charge is 2.11. The molecule has 0 N–H and O–H groups in total. The SMILES string of the molecule is CN(Cc1ccc(N2CCOCC2)cc1)C(=O)/C=C/c1ccc([N+](=O)[O-])cc1. The quantitative estimate of drug-likeness (QED) is 0.437. The molecule has 1 fully saturated rings. The standard InChI is InChI=1S/C21H23N3O4/c1-22(21(25)11-6-17-2-9-20(10-3-17)24(26)27)16-18-4-7-19(8-5-18)23-12-14-28-15-13-23/h2-11H,12-16H2,1H3/b11-6+. The van der Waals surface area contributed by atoms with Crippen molar-refractivity contribution in [3.63, 3.8) is 0 Å². The van der Waals surface area contributed by atoms with Gasteiger partial charge in [-0.3, -0.25) is 14.9 Å². The molecular weight excluding hydrogens is 358 g/mol. The Morgan fingerprint density at radius 3 is 2.39 bits per heavy atom. The van der Waals surface area contributed by atoms with Gasteiger partial charge in [-0.05, 0) is 41.5 Å². The monoisotopic (exact) mass is 381 g/mol. The predicted octanol–water partition coefficient (Wildman–Crippen LogP) is 3.10. The number of ether oxygens (including phenoxy) is 1. The van der Waals surface area contributed by atoms with Crippen LogP contribution in [-0.4, -0.2) is 49.1 Å². The largest absolute Gasteiger partial charge is 0.378 e. The van der Waals surface area contributed by atoms with Crippen molar-refractivity contribution in [3.05, 3.63) is 75.8 Å². The molecule has 7 nitrogen and oxygen atoms in total. The zero-order valence-corrected chi connectivity index (χ0v) is 15.8. The van der Waals surface area contributed by atoms with E-state index >= 15 is 0 Å². The first-order chi connectivity index (χ1) is 13.5. The maximum Gasteiger partial charge on any atom is 0.269 e. The first-order valence-corrected chi connectivity index (χ1v) is 9.12. The summed E-state index contributed by atoms with van der Waals surface area (Å²) < 4.78 is 5.37. The fourth-order valence-corrected chi connectivity index (χ4v) is 2.99. The molecule has 0 bridgehead atoms. The van der Waals surface area contributed by atoms with Crippen molar-refractivity contribution in [3.8, 4) is 0 Å². The highest BCUT2D eigenvalue weighted by atomic mass is 16.6. The van der Waals surface area contributed by atoms with Crippen molar-refractivity contribution < 1.29 is 14.5 Å². The van der Waals surface area contributed by atoms with E-state index in [9.17, 15) is 14.9 Å². The van der Waals surface area contributed by atoms with Gasteiger partial charge in [-0.15, -0.1) is 0 Å². The molecular formula is C21H23N3O4. The summed E-state index contributed by atoms with van der Waals surface area (Å²) in [5, 5.41) is 10.7. The Kier molecular flexibility index (Phi) is 6.39. The summed E-state index contributed by atoms with van der Waals surface area (Å²) >= 11 is 0. The third kappa shape index (κ3) is 5.17. The molecule has 0 spiro atoms. The molecule has 2 aromatic carbocycles. The lowest BCUT2D eigenvalue weighted by Gasteiger charge is -2.29. The minimum Gasteiger partial charge on any atom is -0.378 e. The maximum atomic E-state index is 12.3. The van der Waals surface area contributed by atoms with Gasteiger partial charge in [-0.25, -0.2) is 0 Å². The second-order valence-corrected chi connectivity index (χ2v) is 6.64. The number of hydrogen-bond donors (Lipinski definition) is 0. The van der Waals surface area contributed by atoms with Gasteiger partial charge in [0.25, 0.3) is 5.69 Å². The molecule has 7 heteroatoms. The molecule has 1 saturated heterocycles. The average molecular weight is 381 g/mol. The topological polar surface area (TPSA) is 75.9 Å². The van der Waals surface area contributed by atoms with Crippen LogP contribution in [0.4, 0.5) is 11.4 Å². The molecule has 1 amide bonds. The molecule has 1 aliphatic rings. The van der Waals surface area contributed by atoms with E-state index in [1.54, 1.807) is 30.2 Å². The summed E-state index contributed by atoms with van der Waals surface area (Å²) in [6.07, 6.45) is 3.13. The van der Waals surface area contributed by atoms with Crippen LogP contribution >= 0.6 is 0 Å². The minimum absolute atomic E-state index is 0.0288. The first kappa shape index (κ1) is 19.6. The number of amides is 1. The number of carbonyl (C=O) groups excluding carboxylic acids is 1. The lowest BCUT2D eigenvalue weighted by Crippen LogP contribution is -2.36. The smallest absolute Gasteiger partial charge is 0.269 e. The minimum atomic E-state index is -0.448. The Labute approximate surface area is 164 Å². The van der Waals surface area contributed by atoms with Crippen molar-refractivity contribution in [2.45, 2.75) is 6.54 Å². The average Bonchev–Trinajstić information content (AvgIpc) is 2.73. The van der Waals surface area contributed by atoms with Gasteiger partial charge in [0, 0.05) is 50.6 Å². The fourth-order valence-electron chi connectivity index (χ4n) is 2.99. The second-order valence-electron chi connectivity index (χ2n) is 6.64. The van der Waals surface area contributed by atoms with E-state index in [0.29, 0.717) is 6.54 Å². The summed E-state index contributed by atoms with van der Waals surface area (Å²) in [4.78, 5) is 26.5. The Morgan fingerprint density at radius 2 is 1.79 bits per heavy atom. The Hall–Kier alpha value is -3.19. The van der Waals surface area contributed by atoms with Crippen LogP contribution in [0.15, 0.2) is 54.6 Å². The second kappa shape index (κ2) is 9.14. The van der Waals surface area contributed by atoms with Crippen LogP contribution in [0.5, 0.6) is 0 Å². The van der Waals surface area contributed by atoms with Gasteiger partial charge in [-0.2, -0.15) is 0 Å². The molecule has 2 aromatic rings. The Balaban J connectivity index is 1.55. The number of anilines is 1. The zero-order valence-electron chi connectivity index (χ0n) is 15.8. The van der Waals surface area contributed by atoms with E-state index in [4.69, 9.17) is 4.74 Å². The summed E-state index contributed by atoms with van der Waals surface area (Å²) in [7, 11) is 1.75. The van der Waals surface area contributed by atoms with Gasteiger partial charge < -0.3 is 14.5 Å². The summed E-state index contributed by atoms with van der Waals surface area (Å²) in [5.41, 5.74) is 2.99. The molecule has 0 unspecified atom stereocenters. The number of likely N-dealkylation sites (N-methyl/N-ethyl adjacent to an activating group) is 1. The Morgan fingerprint density at radius 1 is 1.14 bits per heavy atom. The first-order valence-electron chi connectivity index (χ1n) is 9.12. The molecule has 0 aliphatic carbocycles. The molecule has 0 aromatic heterocycles. The van der Waals surface area contributed by atoms with Crippen LogP contribution < -0.4 is 4.90 Å². The van der Waals surface area contributed by atoms with E-state index in [-0.39, 0.29) is 11.6 Å². The van der Waals surface area contributed by atoms with Crippen LogP contribution in [0, 0.1) is 10.1 Å². The van der Waals surface area contributed by atoms with Gasteiger partial charge >= 0.3 is 0 Å². The van der Waals surface area contributed by atoms with Crippen molar-refractivity contribution in [2.75, 3.05) is 38.3 Å². The van der Waals surface area contributed by atoms with E-state index in [2.05, 4.69) is 17.0 Å². The number of benzene rings is 2. The molecule has 0 atom stereocenters. The normalized spacial score (nSPS) is 14.2. The summed E-state index contributed by atoms with van der Waals surface area (Å²) in [5.74, 6) is -0.129. The van der Waals surface area contributed by atoms with Crippen molar-refractivity contribution in [1.29, 1.82) is 0 Å². The predicted molar refractivity (Wildman–Crippen MR) is 108 cm³/mol.